The summed E-state index contributed by atoms with van der Waals surface area (Å²) in [6.07, 6.45) is 0.609. The molecule has 0 saturated heterocycles. The number of halogens is 1. The molecule has 0 aliphatic heterocycles. The molecule has 0 aliphatic carbocycles. The third kappa shape index (κ3) is 4.53. The predicted octanol–water partition coefficient (Wildman–Crippen LogP) is 3.39. The molecule has 156 valence electrons. The smallest absolute Gasteiger partial charge is 0.290 e. The molecule has 2 N–H and O–H groups in total. The first-order chi connectivity index (χ1) is 15.0. The van der Waals surface area contributed by atoms with E-state index in [0.717, 1.165) is 10.8 Å². The summed E-state index contributed by atoms with van der Waals surface area (Å²) in [5.41, 5.74) is 4.83. The molecule has 1 aromatic heterocycles. The van der Waals surface area contributed by atoms with Gasteiger partial charge in [0.1, 0.15) is 17.3 Å². The topological polar surface area (TPSA) is 85.3 Å². The van der Waals surface area contributed by atoms with Crippen molar-refractivity contribution in [1.82, 2.24) is 20.6 Å². The molecule has 7 nitrogen and oxygen atoms in total. The summed E-state index contributed by atoms with van der Waals surface area (Å²) in [5.74, 6) is -1.10. The minimum Gasteiger partial charge on any atom is -0.481 e. The first-order valence-corrected chi connectivity index (χ1v) is 9.57. The van der Waals surface area contributed by atoms with Crippen LogP contribution in [0.3, 0.4) is 0 Å². The molecule has 1 heterocycles. The Morgan fingerprint density at radius 1 is 0.968 bits per heavy atom. The molecule has 4 aromatic rings. The number of nitrogens with one attached hydrogen (secondary N) is 2. The molecule has 31 heavy (non-hydrogen) atoms. The molecule has 0 saturated carbocycles. The maximum absolute atomic E-state index is 13.9. The van der Waals surface area contributed by atoms with E-state index in [1.807, 2.05) is 36.4 Å². The highest BCUT2D eigenvalue weighted by molar-refractivity contribution is 5.94. The van der Waals surface area contributed by atoms with Crippen LogP contribution in [0.4, 0.5) is 4.39 Å². The maximum atomic E-state index is 13.9. The third-order valence-electron chi connectivity index (χ3n) is 4.62. The summed E-state index contributed by atoms with van der Waals surface area (Å²) in [4.78, 5) is 24.6. The quantitative estimate of drug-likeness (QED) is 0.487. The number of ether oxygens (including phenoxy) is 1. The van der Waals surface area contributed by atoms with Gasteiger partial charge in [0.05, 0.1) is 0 Å². The van der Waals surface area contributed by atoms with Crippen LogP contribution in [0.25, 0.3) is 16.5 Å². The molecule has 0 bridgehead atoms. The van der Waals surface area contributed by atoms with Gasteiger partial charge in [-0.1, -0.05) is 42.5 Å². The van der Waals surface area contributed by atoms with Crippen molar-refractivity contribution in [3.8, 4) is 11.4 Å². The highest BCUT2D eigenvalue weighted by Gasteiger charge is 2.17. The van der Waals surface area contributed by atoms with E-state index in [2.05, 4.69) is 16.0 Å². The molecule has 2 amide bonds. The fourth-order valence-corrected chi connectivity index (χ4v) is 3.00. The highest BCUT2D eigenvalue weighted by Crippen LogP contribution is 2.21. The van der Waals surface area contributed by atoms with Gasteiger partial charge in [0.2, 0.25) is 0 Å². The van der Waals surface area contributed by atoms with E-state index < -0.39 is 23.7 Å². The number of carbonyl (C=O) groups is 2. The van der Waals surface area contributed by atoms with Crippen LogP contribution in [0.15, 0.2) is 79.0 Å². The molecule has 0 spiro atoms. The van der Waals surface area contributed by atoms with Crippen LogP contribution < -0.4 is 15.6 Å². The molecular formula is C23H19FN4O3. The van der Waals surface area contributed by atoms with Crippen LogP contribution in [-0.4, -0.2) is 27.7 Å². The Kier molecular flexibility index (Phi) is 5.61. The van der Waals surface area contributed by atoms with Crippen molar-refractivity contribution in [2.75, 3.05) is 0 Å². The number of carbonyl (C=O) groups excluding carboxylic acids is 2. The summed E-state index contributed by atoms with van der Waals surface area (Å²) in [6.45, 7) is 1.57. The average Bonchev–Trinajstić information content (AvgIpc) is 3.27. The lowest BCUT2D eigenvalue weighted by atomic mass is 10.1. The van der Waals surface area contributed by atoms with Gasteiger partial charge in [-0.3, -0.25) is 20.4 Å². The van der Waals surface area contributed by atoms with E-state index in [1.165, 1.54) is 29.1 Å². The first-order valence-electron chi connectivity index (χ1n) is 9.57. The summed E-state index contributed by atoms with van der Waals surface area (Å²) in [6, 6.07) is 20.8. The van der Waals surface area contributed by atoms with Gasteiger partial charge < -0.3 is 4.74 Å². The van der Waals surface area contributed by atoms with Crippen molar-refractivity contribution in [3.05, 3.63) is 90.5 Å². The Morgan fingerprint density at radius 2 is 1.71 bits per heavy atom. The van der Waals surface area contributed by atoms with Crippen LogP contribution in [-0.2, 0) is 4.79 Å². The van der Waals surface area contributed by atoms with E-state index in [-0.39, 0.29) is 11.4 Å². The number of hydrogen-bond acceptors (Lipinski definition) is 4. The van der Waals surface area contributed by atoms with Crippen LogP contribution in [0.2, 0.25) is 0 Å². The van der Waals surface area contributed by atoms with E-state index in [1.54, 1.807) is 25.1 Å². The van der Waals surface area contributed by atoms with Gasteiger partial charge in [-0.25, -0.2) is 9.07 Å². The van der Waals surface area contributed by atoms with E-state index in [4.69, 9.17) is 4.74 Å². The zero-order valence-corrected chi connectivity index (χ0v) is 16.6. The molecule has 8 heteroatoms. The van der Waals surface area contributed by atoms with E-state index >= 15 is 0 Å². The second kappa shape index (κ2) is 8.66. The number of fused-ring (bicyclic) bond motifs is 1. The Bertz CT molecular complexity index is 1250. The van der Waals surface area contributed by atoms with Crippen molar-refractivity contribution < 1.29 is 18.7 Å². The number of aromatic nitrogens is 2. The SMILES string of the molecule is CC(Oc1ccc2ccccc2c1)C(=O)NNC(=O)c1ccn(-c2ccccc2F)n1. The zero-order valence-electron chi connectivity index (χ0n) is 16.6. The Hall–Kier alpha value is -4.20. The van der Waals surface area contributed by atoms with Crippen LogP contribution >= 0.6 is 0 Å². The number of amides is 2. The van der Waals surface area contributed by atoms with Crippen molar-refractivity contribution in [2.45, 2.75) is 13.0 Å². The molecule has 0 radical (unpaired) electrons. The van der Waals surface area contributed by atoms with Gasteiger partial charge in [0, 0.05) is 6.20 Å². The van der Waals surface area contributed by atoms with Crippen LogP contribution in [0.1, 0.15) is 17.4 Å². The second-order valence-corrected chi connectivity index (χ2v) is 6.81. The number of hydrazine groups is 1. The first kappa shape index (κ1) is 20.1. The largest absolute Gasteiger partial charge is 0.481 e. The molecule has 0 fully saturated rings. The second-order valence-electron chi connectivity index (χ2n) is 6.81. The van der Waals surface area contributed by atoms with E-state index in [9.17, 15) is 14.0 Å². The summed E-state index contributed by atoms with van der Waals surface area (Å²) in [7, 11) is 0. The van der Waals surface area contributed by atoms with Crippen LogP contribution in [0, 0.1) is 5.82 Å². The zero-order chi connectivity index (χ0) is 21.8. The standard InChI is InChI=1S/C23H19FN4O3/c1-15(31-18-11-10-16-6-2-3-7-17(16)14-18)22(29)25-26-23(30)20-12-13-28(27-20)21-9-5-4-8-19(21)24/h2-15H,1H3,(H,25,29)(H,26,30). The number of benzene rings is 3. The lowest BCUT2D eigenvalue weighted by Gasteiger charge is -2.15. The third-order valence-corrected chi connectivity index (χ3v) is 4.62. The van der Waals surface area contributed by atoms with Gasteiger partial charge >= 0.3 is 0 Å². The van der Waals surface area contributed by atoms with Gasteiger partial charge in [-0.05, 0) is 48.0 Å². The lowest BCUT2D eigenvalue weighted by Crippen LogP contribution is -2.47. The van der Waals surface area contributed by atoms with Gasteiger partial charge in [0.25, 0.3) is 11.8 Å². The maximum Gasteiger partial charge on any atom is 0.290 e. The fourth-order valence-electron chi connectivity index (χ4n) is 3.00. The van der Waals surface area contributed by atoms with Crippen molar-refractivity contribution >= 4 is 22.6 Å². The van der Waals surface area contributed by atoms with Crippen molar-refractivity contribution in [1.29, 1.82) is 0 Å². The molecule has 3 aromatic carbocycles. The Balaban J connectivity index is 1.34. The highest BCUT2D eigenvalue weighted by atomic mass is 19.1. The minimum atomic E-state index is -0.850. The summed E-state index contributed by atoms with van der Waals surface area (Å²) in [5, 5.41) is 6.10. The average molecular weight is 418 g/mol. The number of para-hydroxylation sites is 1. The van der Waals surface area contributed by atoms with Gasteiger partial charge in [0.15, 0.2) is 11.8 Å². The number of hydrogen-bond donors (Lipinski definition) is 2. The summed E-state index contributed by atoms with van der Waals surface area (Å²) >= 11 is 0. The molecule has 0 aliphatic rings. The predicted molar refractivity (Wildman–Crippen MR) is 113 cm³/mol. The Labute approximate surface area is 177 Å². The Morgan fingerprint density at radius 3 is 2.52 bits per heavy atom. The normalized spacial score (nSPS) is 11.7. The number of rotatable bonds is 5. The van der Waals surface area contributed by atoms with Gasteiger partial charge in [-0.15, -0.1) is 0 Å². The van der Waals surface area contributed by atoms with E-state index in [0.29, 0.717) is 5.75 Å². The van der Waals surface area contributed by atoms with Crippen molar-refractivity contribution in [2.24, 2.45) is 0 Å². The van der Waals surface area contributed by atoms with Gasteiger partial charge in [-0.2, -0.15) is 5.10 Å². The summed E-state index contributed by atoms with van der Waals surface area (Å²) < 4.78 is 20.8. The van der Waals surface area contributed by atoms with Crippen molar-refractivity contribution in [3.63, 3.8) is 0 Å². The monoisotopic (exact) mass is 418 g/mol. The van der Waals surface area contributed by atoms with Crippen LogP contribution in [0.5, 0.6) is 5.75 Å². The fraction of sp³-hybridized carbons (Fsp3) is 0.0870. The molecule has 1 unspecified atom stereocenters. The lowest BCUT2D eigenvalue weighted by molar-refractivity contribution is -0.128. The minimum absolute atomic E-state index is 0.0200. The molecule has 4 rings (SSSR count). The molecule has 1 atom stereocenters. The molecular weight excluding hydrogens is 399 g/mol. The number of nitrogens with zero attached hydrogens (tertiary/aromatic N) is 2.